The van der Waals surface area contributed by atoms with Crippen molar-refractivity contribution in [2.75, 3.05) is 38.0 Å². The molecular weight excluding hydrogens is 423 g/mol. The van der Waals surface area contributed by atoms with E-state index in [4.69, 9.17) is 23.2 Å². The third kappa shape index (κ3) is 4.56. The maximum Gasteiger partial charge on any atom is 0.256 e. The van der Waals surface area contributed by atoms with Gasteiger partial charge in [0, 0.05) is 42.8 Å². The van der Waals surface area contributed by atoms with E-state index in [1.54, 1.807) is 35.4 Å². The van der Waals surface area contributed by atoms with E-state index in [0.717, 1.165) is 5.39 Å². The van der Waals surface area contributed by atoms with Gasteiger partial charge in [0.1, 0.15) is 0 Å². The smallest absolute Gasteiger partial charge is 0.256 e. The van der Waals surface area contributed by atoms with Gasteiger partial charge < -0.3 is 10.2 Å². The number of benzene rings is 2. The van der Waals surface area contributed by atoms with E-state index in [0.29, 0.717) is 53.0 Å². The summed E-state index contributed by atoms with van der Waals surface area (Å²) in [6, 6.07) is 14.3. The Morgan fingerprint density at radius 1 is 1.00 bits per heavy atom. The van der Waals surface area contributed by atoms with Gasteiger partial charge >= 0.3 is 0 Å². The van der Waals surface area contributed by atoms with Gasteiger partial charge in [0.2, 0.25) is 5.91 Å². The largest absolute Gasteiger partial charge is 0.336 e. The first-order valence-electron chi connectivity index (χ1n) is 9.61. The normalized spacial score (nSPS) is 14.7. The Hall–Kier alpha value is -2.67. The molecule has 0 bridgehead atoms. The third-order valence-electron chi connectivity index (χ3n) is 5.07. The fourth-order valence-electron chi connectivity index (χ4n) is 3.55. The van der Waals surface area contributed by atoms with Crippen molar-refractivity contribution in [3.63, 3.8) is 0 Å². The number of carbonyl (C=O) groups is 2. The van der Waals surface area contributed by atoms with Crippen LogP contribution in [0, 0.1) is 0 Å². The highest BCUT2D eigenvalue weighted by Crippen LogP contribution is 2.24. The predicted molar refractivity (Wildman–Crippen MR) is 119 cm³/mol. The van der Waals surface area contributed by atoms with Crippen molar-refractivity contribution in [3.8, 4) is 0 Å². The van der Waals surface area contributed by atoms with Crippen LogP contribution in [0.25, 0.3) is 10.9 Å². The third-order valence-corrected chi connectivity index (χ3v) is 5.62. The fourth-order valence-corrected chi connectivity index (χ4v) is 3.96. The van der Waals surface area contributed by atoms with Crippen molar-refractivity contribution in [3.05, 3.63) is 70.3 Å². The summed E-state index contributed by atoms with van der Waals surface area (Å²) in [6.45, 7) is 2.51. The molecule has 0 unspecified atom stereocenters. The first kappa shape index (κ1) is 20.6. The van der Waals surface area contributed by atoms with E-state index >= 15 is 0 Å². The molecule has 154 valence electrons. The summed E-state index contributed by atoms with van der Waals surface area (Å²) in [5.74, 6) is -0.228. The number of carbonyl (C=O) groups excluding carboxylic acids is 2. The van der Waals surface area contributed by atoms with Crippen LogP contribution in [0.2, 0.25) is 10.0 Å². The molecule has 0 atom stereocenters. The average molecular weight is 443 g/mol. The van der Waals surface area contributed by atoms with Crippen molar-refractivity contribution in [1.29, 1.82) is 0 Å². The highest BCUT2D eigenvalue weighted by atomic mass is 35.5. The van der Waals surface area contributed by atoms with Crippen molar-refractivity contribution < 1.29 is 9.59 Å². The molecule has 3 aromatic rings. The second-order valence-electron chi connectivity index (χ2n) is 7.12. The number of nitrogens with zero attached hydrogens (tertiary/aromatic N) is 3. The molecule has 8 heteroatoms. The summed E-state index contributed by atoms with van der Waals surface area (Å²) in [7, 11) is 0. The van der Waals surface area contributed by atoms with E-state index in [9.17, 15) is 9.59 Å². The van der Waals surface area contributed by atoms with Crippen molar-refractivity contribution in [1.82, 2.24) is 14.8 Å². The molecule has 30 heavy (non-hydrogen) atoms. The van der Waals surface area contributed by atoms with Gasteiger partial charge in [-0.25, -0.2) is 0 Å². The van der Waals surface area contributed by atoms with Gasteiger partial charge in [0.05, 0.1) is 28.3 Å². The number of hydrogen-bond donors (Lipinski definition) is 1. The Kier molecular flexibility index (Phi) is 6.18. The van der Waals surface area contributed by atoms with Gasteiger partial charge in [0.25, 0.3) is 5.91 Å². The first-order valence-corrected chi connectivity index (χ1v) is 10.4. The summed E-state index contributed by atoms with van der Waals surface area (Å²) in [5.41, 5.74) is 1.75. The molecule has 4 rings (SSSR count). The van der Waals surface area contributed by atoms with Crippen molar-refractivity contribution >= 4 is 51.6 Å². The second kappa shape index (κ2) is 9.00. The Labute approximate surface area is 184 Å². The molecule has 0 spiro atoms. The monoisotopic (exact) mass is 442 g/mol. The summed E-state index contributed by atoms with van der Waals surface area (Å²) >= 11 is 12.3. The Morgan fingerprint density at radius 2 is 1.77 bits per heavy atom. The van der Waals surface area contributed by atoms with Crippen LogP contribution in [-0.4, -0.2) is 59.3 Å². The molecule has 6 nitrogen and oxygen atoms in total. The lowest BCUT2D eigenvalue weighted by Gasteiger charge is -2.34. The number of nitrogens with one attached hydrogen (secondary N) is 1. The van der Waals surface area contributed by atoms with Crippen LogP contribution < -0.4 is 5.32 Å². The second-order valence-corrected chi connectivity index (χ2v) is 7.97. The van der Waals surface area contributed by atoms with Crippen LogP contribution >= 0.6 is 23.2 Å². The van der Waals surface area contributed by atoms with E-state index in [2.05, 4.69) is 10.3 Å². The quantitative estimate of drug-likeness (QED) is 0.664. The number of fused-ring (bicyclic) bond motifs is 1. The average Bonchev–Trinajstić information content (AvgIpc) is 2.75. The molecule has 2 aromatic carbocycles. The molecule has 2 heterocycles. The molecule has 2 amide bonds. The molecule has 1 aliphatic rings. The summed E-state index contributed by atoms with van der Waals surface area (Å²) in [4.78, 5) is 33.6. The summed E-state index contributed by atoms with van der Waals surface area (Å²) in [6.07, 6.45) is 1.67. The molecule has 1 N–H and O–H groups in total. The zero-order valence-electron chi connectivity index (χ0n) is 16.1. The molecule has 1 fully saturated rings. The predicted octanol–water partition coefficient (Wildman–Crippen LogP) is 3.94. The van der Waals surface area contributed by atoms with Crippen LogP contribution in [0.1, 0.15) is 10.4 Å². The standard InChI is InChI=1S/C22H20Cl2N4O2/c23-16-12-15-4-3-7-25-21(15)17(13-16)22(30)28-10-8-27(9-11-28)14-20(29)26-19-6-2-1-5-18(19)24/h1-7,12-13H,8-11,14H2,(H,26,29). The number of piperazine rings is 1. The van der Waals surface area contributed by atoms with Crippen LogP contribution in [0.3, 0.4) is 0 Å². The summed E-state index contributed by atoms with van der Waals surface area (Å²) in [5, 5.41) is 4.68. The number of aromatic nitrogens is 1. The molecular formula is C22H20Cl2N4O2. The molecule has 0 saturated carbocycles. The Morgan fingerprint density at radius 3 is 2.53 bits per heavy atom. The number of pyridine rings is 1. The topological polar surface area (TPSA) is 65.5 Å². The lowest BCUT2D eigenvalue weighted by Crippen LogP contribution is -2.50. The van der Waals surface area contributed by atoms with E-state index in [1.807, 2.05) is 29.2 Å². The fraction of sp³-hybridized carbons (Fsp3) is 0.227. The Bertz CT molecular complexity index is 1100. The SMILES string of the molecule is O=C(CN1CCN(C(=O)c2cc(Cl)cc3cccnc23)CC1)Nc1ccccc1Cl. The molecule has 1 saturated heterocycles. The van der Waals surface area contributed by atoms with Gasteiger partial charge in [-0.3, -0.25) is 19.5 Å². The lowest BCUT2D eigenvalue weighted by atomic mass is 10.1. The van der Waals surface area contributed by atoms with Crippen LogP contribution in [0.15, 0.2) is 54.7 Å². The van der Waals surface area contributed by atoms with Crippen LogP contribution in [0.4, 0.5) is 5.69 Å². The van der Waals surface area contributed by atoms with E-state index in [-0.39, 0.29) is 18.4 Å². The minimum Gasteiger partial charge on any atom is -0.336 e. The van der Waals surface area contributed by atoms with Crippen LogP contribution in [-0.2, 0) is 4.79 Å². The number of hydrogen-bond acceptors (Lipinski definition) is 4. The number of amides is 2. The van der Waals surface area contributed by atoms with Gasteiger partial charge in [-0.15, -0.1) is 0 Å². The highest BCUT2D eigenvalue weighted by Gasteiger charge is 2.25. The number of anilines is 1. The minimum absolute atomic E-state index is 0.0960. The zero-order valence-corrected chi connectivity index (χ0v) is 17.7. The van der Waals surface area contributed by atoms with E-state index in [1.165, 1.54) is 0 Å². The van der Waals surface area contributed by atoms with Gasteiger partial charge in [-0.2, -0.15) is 0 Å². The molecule has 0 radical (unpaired) electrons. The molecule has 1 aromatic heterocycles. The van der Waals surface area contributed by atoms with Gasteiger partial charge in [-0.1, -0.05) is 41.4 Å². The molecule has 0 aliphatic carbocycles. The van der Waals surface area contributed by atoms with Crippen molar-refractivity contribution in [2.24, 2.45) is 0 Å². The number of para-hydroxylation sites is 1. The van der Waals surface area contributed by atoms with E-state index < -0.39 is 0 Å². The highest BCUT2D eigenvalue weighted by molar-refractivity contribution is 6.33. The minimum atomic E-state index is -0.132. The number of rotatable bonds is 4. The van der Waals surface area contributed by atoms with Crippen LogP contribution in [0.5, 0.6) is 0 Å². The maximum absolute atomic E-state index is 13.1. The van der Waals surface area contributed by atoms with Gasteiger partial charge in [0.15, 0.2) is 0 Å². The van der Waals surface area contributed by atoms with Gasteiger partial charge in [-0.05, 0) is 30.3 Å². The molecule has 1 aliphatic heterocycles. The Balaban J connectivity index is 1.37. The van der Waals surface area contributed by atoms with Crippen molar-refractivity contribution in [2.45, 2.75) is 0 Å². The summed E-state index contributed by atoms with van der Waals surface area (Å²) < 4.78 is 0. The lowest BCUT2D eigenvalue weighted by molar-refractivity contribution is -0.117. The number of halogens is 2. The maximum atomic E-state index is 13.1. The first-order chi connectivity index (χ1) is 14.5. The zero-order chi connectivity index (χ0) is 21.1.